The third-order valence-electron chi connectivity index (χ3n) is 7.39. The number of amides is 3. The van der Waals surface area contributed by atoms with Crippen LogP contribution in [0.5, 0.6) is 11.5 Å². The third-order valence-corrected chi connectivity index (χ3v) is 7.62. The van der Waals surface area contributed by atoms with Crippen molar-refractivity contribution in [2.75, 3.05) is 37.0 Å². The van der Waals surface area contributed by atoms with Crippen LogP contribution in [0.1, 0.15) is 33.3 Å². The molecule has 0 spiro atoms. The highest BCUT2D eigenvalue weighted by Gasteiger charge is 2.38. The summed E-state index contributed by atoms with van der Waals surface area (Å²) in [4.78, 5) is 44.4. The van der Waals surface area contributed by atoms with Crippen molar-refractivity contribution in [3.63, 3.8) is 0 Å². The van der Waals surface area contributed by atoms with Crippen LogP contribution in [0.4, 0.5) is 14.9 Å². The molecule has 1 aliphatic heterocycles. The predicted molar refractivity (Wildman–Crippen MR) is 169 cm³/mol. The van der Waals surface area contributed by atoms with E-state index < -0.39 is 23.6 Å². The Morgan fingerprint density at radius 2 is 1.59 bits per heavy atom. The van der Waals surface area contributed by atoms with Gasteiger partial charge < -0.3 is 24.2 Å². The van der Waals surface area contributed by atoms with E-state index in [0.29, 0.717) is 29.2 Å². The normalized spacial score (nSPS) is 15.8. The molecular weight excluding hydrogens is 585 g/mol. The summed E-state index contributed by atoms with van der Waals surface area (Å²) in [5, 5.41) is 0. The Morgan fingerprint density at radius 1 is 0.955 bits per heavy atom. The average Bonchev–Trinajstić information content (AvgIpc) is 3.00. The van der Waals surface area contributed by atoms with Crippen molar-refractivity contribution in [1.29, 1.82) is 0 Å². The van der Waals surface area contributed by atoms with E-state index in [-0.39, 0.29) is 49.7 Å². The van der Waals surface area contributed by atoms with Gasteiger partial charge in [-0.2, -0.15) is 0 Å². The van der Waals surface area contributed by atoms with Crippen molar-refractivity contribution < 1.29 is 28.2 Å². The lowest BCUT2D eigenvalue weighted by Crippen LogP contribution is -2.60. The fourth-order valence-corrected chi connectivity index (χ4v) is 5.31. The Labute approximate surface area is 263 Å². The number of carbonyl (C=O) groups excluding carboxylic acids is 3. The number of nitrogens with zero attached hydrogens (tertiary/aromatic N) is 3. The quantitative estimate of drug-likeness (QED) is 0.254. The first-order chi connectivity index (χ1) is 20.9. The monoisotopic (exact) mass is 623 g/mol. The Balaban J connectivity index is 1.50. The standard InChI is InChI=1S/C34H39ClFN3O5/c1-24(20-25-10-8-9-13-29(25)36)30-22-37(18-19-38(30)33(42)44-34(2,3)4)32(41)23-39(31(40)21-35)26-14-16-28(17-15-26)43-27-11-6-5-7-12-27/h5-17,24,30H,18-23H2,1-4H3. The van der Waals surface area contributed by atoms with Crippen LogP contribution in [0, 0.1) is 11.7 Å². The van der Waals surface area contributed by atoms with Crippen LogP contribution in [-0.2, 0) is 20.7 Å². The smallest absolute Gasteiger partial charge is 0.410 e. The fourth-order valence-electron chi connectivity index (χ4n) is 5.17. The lowest BCUT2D eigenvalue weighted by Gasteiger charge is -2.44. The number of alkyl halides is 1. The van der Waals surface area contributed by atoms with E-state index in [4.69, 9.17) is 21.1 Å². The van der Waals surface area contributed by atoms with Crippen molar-refractivity contribution in [3.05, 3.63) is 90.2 Å². The highest BCUT2D eigenvalue weighted by molar-refractivity contribution is 6.29. The van der Waals surface area contributed by atoms with Gasteiger partial charge in [0.1, 0.15) is 35.3 Å². The summed E-state index contributed by atoms with van der Waals surface area (Å²) in [6.07, 6.45) is -0.112. The van der Waals surface area contributed by atoms with E-state index in [2.05, 4.69) is 0 Å². The molecule has 2 atom stereocenters. The van der Waals surface area contributed by atoms with Crippen molar-refractivity contribution in [3.8, 4) is 11.5 Å². The molecule has 10 heteroatoms. The van der Waals surface area contributed by atoms with Crippen LogP contribution in [0.2, 0.25) is 0 Å². The molecule has 0 aromatic heterocycles. The van der Waals surface area contributed by atoms with Gasteiger partial charge in [0.05, 0.1) is 6.04 Å². The largest absolute Gasteiger partial charge is 0.457 e. The van der Waals surface area contributed by atoms with Crippen LogP contribution in [-0.4, -0.2) is 71.4 Å². The molecule has 3 amide bonds. The zero-order valence-corrected chi connectivity index (χ0v) is 26.3. The molecular formula is C34H39ClFN3O5. The minimum absolute atomic E-state index is 0.201. The minimum atomic E-state index is -0.701. The maximum atomic E-state index is 14.5. The van der Waals surface area contributed by atoms with E-state index in [9.17, 15) is 18.8 Å². The van der Waals surface area contributed by atoms with Gasteiger partial charge in [-0.1, -0.05) is 43.3 Å². The van der Waals surface area contributed by atoms with Crippen molar-refractivity contribution in [1.82, 2.24) is 9.80 Å². The fraction of sp³-hybridized carbons (Fsp3) is 0.382. The summed E-state index contributed by atoms with van der Waals surface area (Å²) in [5.41, 5.74) is 0.334. The van der Waals surface area contributed by atoms with Gasteiger partial charge in [0.2, 0.25) is 11.8 Å². The number of benzene rings is 3. The Bertz CT molecular complexity index is 1430. The zero-order chi connectivity index (χ0) is 31.9. The Morgan fingerprint density at radius 3 is 2.23 bits per heavy atom. The van der Waals surface area contributed by atoms with Gasteiger partial charge in [-0.15, -0.1) is 11.6 Å². The minimum Gasteiger partial charge on any atom is -0.457 e. The van der Waals surface area contributed by atoms with E-state index in [1.54, 1.807) is 73.0 Å². The molecule has 1 aliphatic rings. The van der Waals surface area contributed by atoms with Gasteiger partial charge in [-0.25, -0.2) is 9.18 Å². The van der Waals surface area contributed by atoms with E-state index >= 15 is 0 Å². The van der Waals surface area contributed by atoms with Crippen LogP contribution in [0.3, 0.4) is 0 Å². The number of carbonyl (C=O) groups is 3. The predicted octanol–water partition coefficient (Wildman–Crippen LogP) is 6.52. The second-order valence-corrected chi connectivity index (χ2v) is 12.1. The summed E-state index contributed by atoms with van der Waals surface area (Å²) >= 11 is 5.94. The molecule has 234 valence electrons. The number of hydrogen-bond acceptors (Lipinski definition) is 5. The summed E-state index contributed by atoms with van der Waals surface area (Å²) in [6, 6.07) is 22.3. The van der Waals surface area contributed by atoms with Gasteiger partial charge in [-0.3, -0.25) is 9.59 Å². The summed E-state index contributed by atoms with van der Waals surface area (Å²) in [7, 11) is 0. The van der Waals surface area contributed by atoms with Crippen LogP contribution in [0.25, 0.3) is 0 Å². The Hall–Kier alpha value is -4.11. The van der Waals surface area contributed by atoms with Crippen molar-refractivity contribution in [2.45, 2.75) is 45.8 Å². The molecule has 0 saturated carbocycles. The summed E-state index contributed by atoms with van der Waals surface area (Å²) < 4.78 is 26.0. The molecule has 1 heterocycles. The molecule has 2 unspecified atom stereocenters. The number of hydrogen-bond donors (Lipinski definition) is 0. The number of anilines is 1. The van der Waals surface area contributed by atoms with Gasteiger partial charge >= 0.3 is 6.09 Å². The SMILES string of the molecule is CC(Cc1ccccc1F)C1CN(C(=O)CN(C(=O)CCl)c2ccc(Oc3ccccc3)cc2)CCN1C(=O)OC(C)(C)C. The lowest BCUT2D eigenvalue weighted by atomic mass is 9.91. The van der Waals surface area contributed by atoms with E-state index in [1.165, 1.54) is 11.0 Å². The van der Waals surface area contributed by atoms with E-state index in [0.717, 1.165) is 0 Å². The van der Waals surface area contributed by atoms with Crippen LogP contribution < -0.4 is 9.64 Å². The molecule has 0 radical (unpaired) electrons. The maximum absolute atomic E-state index is 14.5. The third kappa shape index (κ3) is 8.72. The second-order valence-electron chi connectivity index (χ2n) is 11.9. The summed E-state index contributed by atoms with van der Waals surface area (Å²) in [6.45, 7) is 7.80. The molecule has 3 aromatic rings. The average molecular weight is 624 g/mol. The van der Waals surface area contributed by atoms with Gasteiger partial charge in [-0.05, 0) is 81.1 Å². The van der Waals surface area contributed by atoms with Gasteiger partial charge in [0.15, 0.2) is 0 Å². The van der Waals surface area contributed by atoms with E-state index in [1.807, 2.05) is 37.3 Å². The Kier molecular flexibility index (Phi) is 10.9. The molecule has 0 bridgehead atoms. The van der Waals surface area contributed by atoms with Crippen molar-refractivity contribution >= 4 is 35.2 Å². The molecule has 3 aromatic carbocycles. The number of ether oxygens (including phenoxy) is 2. The highest BCUT2D eigenvalue weighted by atomic mass is 35.5. The van der Waals surface area contributed by atoms with Gasteiger partial charge in [0, 0.05) is 25.3 Å². The van der Waals surface area contributed by atoms with Crippen LogP contribution >= 0.6 is 11.6 Å². The van der Waals surface area contributed by atoms with Gasteiger partial charge in [0.25, 0.3) is 0 Å². The van der Waals surface area contributed by atoms with Crippen molar-refractivity contribution in [2.24, 2.45) is 5.92 Å². The highest BCUT2D eigenvalue weighted by Crippen LogP contribution is 2.27. The topological polar surface area (TPSA) is 79.4 Å². The number of rotatable bonds is 9. The molecule has 4 rings (SSSR count). The lowest BCUT2D eigenvalue weighted by molar-refractivity contribution is -0.134. The summed E-state index contributed by atoms with van der Waals surface area (Å²) in [5.74, 6) is -0.281. The first-order valence-electron chi connectivity index (χ1n) is 14.6. The molecule has 0 N–H and O–H groups in total. The molecule has 8 nitrogen and oxygen atoms in total. The first-order valence-corrected chi connectivity index (χ1v) is 15.2. The molecule has 1 fully saturated rings. The zero-order valence-electron chi connectivity index (χ0n) is 25.5. The van der Waals surface area contributed by atoms with Crippen LogP contribution in [0.15, 0.2) is 78.9 Å². The molecule has 0 aliphatic carbocycles. The maximum Gasteiger partial charge on any atom is 0.410 e. The first kappa shape index (κ1) is 32.8. The molecule has 44 heavy (non-hydrogen) atoms. The molecule has 1 saturated heterocycles. The number of halogens is 2. The number of piperazine rings is 1. The number of para-hydroxylation sites is 1. The second kappa shape index (κ2) is 14.6.